The van der Waals surface area contributed by atoms with Gasteiger partial charge >= 0.3 is 0 Å². The summed E-state index contributed by atoms with van der Waals surface area (Å²) in [5.41, 5.74) is 5.69. The first kappa shape index (κ1) is 15.1. The molecule has 1 aliphatic rings. The zero-order valence-corrected chi connectivity index (χ0v) is 12.8. The second kappa shape index (κ2) is 5.58. The largest absolute Gasteiger partial charge is 0.329 e. The highest BCUT2D eigenvalue weighted by molar-refractivity contribution is 7.89. The lowest BCUT2D eigenvalue weighted by Crippen LogP contribution is -2.43. The number of hydrogen-bond donors (Lipinski definition) is 1. The number of benzene rings is 1. The fourth-order valence-electron chi connectivity index (χ4n) is 2.14. The van der Waals surface area contributed by atoms with Gasteiger partial charge in [-0.2, -0.15) is 4.31 Å². The quantitative estimate of drug-likeness (QED) is 0.905. The summed E-state index contributed by atoms with van der Waals surface area (Å²) in [6.07, 6.45) is 2.05. The Balaban J connectivity index is 2.35. The number of nitrogens with zero attached hydrogens (tertiary/aromatic N) is 1. The van der Waals surface area contributed by atoms with Gasteiger partial charge in [0.1, 0.15) is 0 Å². The van der Waals surface area contributed by atoms with Crippen molar-refractivity contribution in [2.24, 2.45) is 11.7 Å². The van der Waals surface area contributed by atoms with Gasteiger partial charge in [0.05, 0.1) is 4.90 Å². The molecule has 0 heterocycles. The Morgan fingerprint density at radius 3 is 2.26 bits per heavy atom. The maximum atomic E-state index is 12.5. The first-order valence-corrected chi connectivity index (χ1v) is 8.20. The lowest BCUT2D eigenvalue weighted by Gasteiger charge is -2.26. The smallest absolute Gasteiger partial charge is 0.243 e. The molecule has 1 aromatic carbocycles. The standard InChI is InChI=1S/C12H16Cl2N2O2S/c1-16(12(7-15)8-2-3-8)19(17,18)11-5-9(13)4-10(14)6-11/h4-6,8,12H,2-3,7,15H2,1H3. The Hall–Kier alpha value is -0.330. The van der Waals surface area contributed by atoms with Gasteiger partial charge in [-0.15, -0.1) is 0 Å². The number of halogens is 2. The van der Waals surface area contributed by atoms with E-state index in [4.69, 9.17) is 28.9 Å². The van der Waals surface area contributed by atoms with Gasteiger partial charge in [-0.05, 0) is 37.0 Å². The third-order valence-corrected chi connectivity index (χ3v) is 5.68. The van der Waals surface area contributed by atoms with Crippen molar-refractivity contribution >= 4 is 33.2 Å². The highest BCUT2D eigenvalue weighted by Crippen LogP contribution is 2.36. The number of likely N-dealkylation sites (N-methyl/N-ethyl adjacent to an activating group) is 1. The molecule has 0 aromatic heterocycles. The van der Waals surface area contributed by atoms with Crippen molar-refractivity contribution in [2.45, 2.75) is 23.8 Å². The molecule has 1 atom stereocenters. The summed E-state index contributed by atoms with van der Waals surface area (Å²) >= 11 is 11.7. The van der Waals surface area contributed by atoms with Crippen LogP contribution in [0.15, 0.2) is 23.1 Å². The lowest BCUT2D eigenvalue weighted by molar-refractivity contribution is 0.340. The summed E-state index contributed by atoms with van der Waals surface area (Å²) in [5, 5.41) is 0.602. The van der Waals surface area contributed by atoms with E-state index in [0.29, 0.717) is 22.5 Å². The van der Waals surface area contributed by atoms with E-state index in [0.717, 1.165) is 12.8 Å². The molecule has 0 radical (unpaired) electrons. The fourth-order valence-corrected chi connectivity index (χ4v) is 4.30. The Morgan fingerprint density at radius 2 is 1.84 bits per heavy atom. The minimum absolute atomic E-state index is 0.103. The van der Waals surface area contributed by atoms with Gasteiger partial charge < -0.3 is 5.73 Å². The van der Waals surface area contributed by atoms with E-state index in [1.54, 1.807) is 7.05 Å². The number of hydrogen-bond acceptors (Lipinski definition) is 3. The van der Waals surface area contributed by atoms with Crippen LogP contribution in [-0.4, -0.2) is 32.4 Å². The van der Waals surface area contributed by atoms with Crippen molar-refractivity contribution in [3.63, 3.8) is 0 Å². The molecule has 106 valence electrons. The van der Waals surface area contributed by atoms with Crippen LogP contribution >= 0.6 is 23.2 Å². The summed E-state index contributed by atoms with van der Waals surface area (Å²) in [5.74, 6) is 0.361. The van der Waals surface area contributed by atoms with Crippen LogP contribution in [0.2, 0.25) is 10.0 Å². The molecular formula is C12H16Cl2N2O2S. The number of sulfonamides is 1. The van der Waals surface area contributed by atoms with Crippen LogP contribution in [0.4, 0.5) is 0 Å². The minimum Gasteiger partial charge on any atom is -0.329 e. The summed E-state index contributed by atoms with van der Waals surface area (Å²) in [6, 6.07) is 4.14. The monoisotopic (exact) mass is 322 g/mol. The predicted molar refractivity (Wildman–Crippen MR) is 77.0 cm³/mol. The molecule has 1 fully saturated rings. The van der Waals surface area contributed by atoms with Crippen LogP contribution in [-0.2, 0) is 10.0 Å². The molecular weight excluding hydrogens is 307 g/mol. The molecule has 19 heavy (non-hydrogen) atoms. The van der Waals surface area contributed by atoms with Crippen molar-refractivity contribution in [3.05, 3.63) is 28.2 Å². The minimum atomic E-state index is -3.62. The normalized spacial score (nSPS) is 17.7. The van der Waals surface area contributed by atoms with Crippen LogP contribution in [0.3, 0.4) is 0 Å². The first-order valence-electron chi connectivity index (χ1n) is 6.00. The van der Waals surface area contributed by atoms with Gasteiger partial charge in [-0.1, -0.05) is 23.2 Å². The zero-order valence-electron chi connectivity index (χ0n) is 10.5. The number of nitrogens with two attached hydrogens (primary N) is 1. The van der Waals surface area contributed by atoms with E-state index in [1.807, 2.05) is 0 Å². The third-order valence-electron chi connectivity index (χ3n) is 3.39. The Bertz CT molecular complexity index is 553. The van der Waals surface area contributed by atoms with E-state index >= 15 is 0 Å². The zero-order chi connectivity index (χ0) is 14.2. The Labute approximate surface area is 123 Å². The average Bonchev–Trinajstić information content (AvgIpc) is 3.13. The molecule has 0 amide bonds. The molecule has 2 N–H and O–H groups in total. The molecule has 1 saturated carbocycles. The van der Waals surface area contributed by atoms with Crippen LogP contribution in [0, 0.1) is 5.92 Å². The summed E-state index contributed by atoms with van der Waals surface area (Å²) in [6.45, 7) is 0.314. The van der Waals surface area contributed by atoms with Gasteiger partial charge in [-0.3, -0.25) is 0 Å². The summed E-state index contributed by atoms with van der Waals surface area (Å²) in [7, 11) is -2.06. The van der Waals surface area contributed by atoms with Crippen LogP contribution < -0.4 is 5.73 Å². The van der Waals surface area contributed by atoms with E-state index < -0.39 is 10.0 Å². The van der Waals surface area contributed by atoms with Crippen molar-refractivity contribution < 1.29 is 8.42 Å². The van der Waals surface area contributed by atoms with Crippen molar-refractivity contribution in [1.82, 2.24) is 4.31 Å². The van der Waals surface area contributed by atoms with Crippen LogP contribution in [0.5, 0.6) is 0 Å². The summed E-state index contributed by atoms with van der Waals surface area (Å²) < 4.78 is 26.4. The van der Waals surface area contributed by atoms with Gasteiger partial charge in [-0.25, -0.2) is 8.42 Å². The maximum absolute atomic E-state index is 12.5. The van der Waals surface area contributed by atoms with Gasteiger partial charge in [0.2, 0.25) is 10.0 Å². The van der Waals surface area contributed by atoms with Crippen molar-refractivity contribution in [2.75, 3.05) is 13.6 Å². The fraction of sp³-hybridized carbons (Fsp3) is 0.500. The number of rotatable bonds is 5. The first-order chi connectivity index (χ1) is 8.86. The van der Waals surface area contributed by atoms with Crippen molar-refractivity contribution in [1.29, 1.82) is 0 Å². The van der Waals surface area contributed by atoms with Crippen molar-refractivity contribution in [3.8, 4) is 0 Å². The lowest BCUT2D eigenvalue weighted by atomic mass is 10.2. The maximum Gasteiger partial charge on any atom is 0.243 e. The van der Waals surface area contributed by atoms with Crippen LogP contribution in [0.1, 0.15) is 12.8 Å². The predicted octanol–water partition coefficient (Wildman–Crippen LogP) is 2.35. The average molecular weight is 323 g/mol. The molecule has 1 unspecified atom stereocenters. The molecule has 0 aliphatic heterocycles. The van der Waals surface area contributed by atoms with E-state index in [9.17, 15) is 8.42 Å². The molecule has 1 aromatic rings. The summed E-state index contributed by atoms with van der Waals surface area (Å²) in [4.78, 5) is 0.103. The van der Waals surface area contributed by atoms with E-state index in [2.05, 4.69) is 0 Å². The second-order valence-electron chi connectivity index (χ2n) is 4.77. The molecule has 4 nitrogen and oxygen atoms in total. The molecule has 0 spiro atoms. The Kier molecular flexibility index (Phi) is 4.42. The highest BCUT2D eigenvalue weighted by Gasteiger charge is 2.38. The van der Waals surface area contributed by atoms with Gasteiger partial charge in [0.15, 0.2) is 0 Å². The van der Waals surface area contributed by atoms with Crippen LogP contribution in [0.25, 0.3) is 0 Å². The second-order valence-corrected chi connectivity index (χ2v) is 7.64. The molecule has 0 bridgehead atoms. The third kappa shape index (κ3) is 3.23. The topological polar surface area (TPSA) is 63.4 Å². The Morgan fingerprint density at radius 1 is 1.32 bits per heavy atom. The molecule has 1 aliphatic carbocycles. The molecule has 7 heteroatoms. The van der Waals surface area contributed by atoms with E-state index in [1.165, 1.54) is 22.5 Å². The van der Waals surface area contributed by atoms with E-state index in [-0.39, 0.29) is 10.9 Å². The van der Waals surface area contributed by atoms with Gasteiger partial charge in [0.25, 0.3) is 0 Å². The molecule has 0 saturated heterocycles. The van der Waals surface area contributed by atoms with Gasteiger partial charge in [0, 0.05) is 29.7 Å². The highest BCUT2D eigenvalue weighted by atomic mass is 35.5. The molecule has 2 rings (SSSR count). The SMILES string of the molecule is CN(C(CN)C1CC1)S(=O)(=O)c1cc(Cl)cc(Cl)c1.